The molecule has 0 unspecified atom stereocenters. The summed E-state index contributed by atoms with van der Waals surface area (Å²) in [5, 5.41) is 9.16. The van der Waals surface area contributed by atoms with Crippen molar-refractivity contribution in [1.29, 1.82) is 0 Å². The lowest BCUT2D eigenvalue weighted by atomic mass is 10.1. The van der Waals surface area contributed by atoms with Gasteiger partial charge in [0.2, 0.25) is 0 Å². The molecule has 1 rings (SSSR count). The van der Waals surface area contributed by atoms with E-state index in [0.29, 0.717) is 5.75 Å². The van der Waals surface area contributed by atoms with E-state index in [1.165, 1.54) is 5.56 Å². The highest BCUT2D eigenvalue weighted by atomic mass is 127. The van der Waals surface area contributed by atoms with Crippen LogP contribution in [0.1, 0.15) is 5.56 Å². The molecule has 0 aliphatic heterocycles. The Labute approximate surface area is 100 Å². The van der Waals surface area contributed by atoms with Crippen LogP contribution >= 0.6 is 22.6 Å². The van der Waals surface area contributed by atoms with E-state index in [2.05, 4.69) is 27.5 Å². The number of alkyl halides is 1. The van der Waals surface area contributed by atoms with Crippen LogP contribution in [0.15, 0.2) is 24.3 Å². The lowest BCUT2D eigenvalue weighted by Crippen LogP contribution is -2.14. The number of phenols is 1. The summed E-state index contributed by atoms with van der Waals surface area (Å²) in [4.78, 5) is 4.10. The number of aromatic hydroxyl groups is 1. The maximum atomic E-state index is 9.16. The first-order valence-electron chi connectivity index (χ1n) is 4.49. The molecule has 1 aromatic rings. The second-order valence-corrected chi connectivity index (χ2v) is 3.22. The van der Waals surface area contributed by atoms with Gasteiger partial charge in [0.15, 0.2) is 0 Å². The van der Waals surface area contributed by atoms with Gasteiger partial charge in [0, 0.05) is 6.54 Å². The summed E-state index contributed by atoms with van der Waals surface area (Å²) < 4.78 is 0. The molecule has 0 saturated carbocycles. The molecule has 1 aromatic carbocycles. The molecule has 0 spiro atoms. The third kappa shape index (κ3) is 6.21. The normalized spacial score (nSPS) is 9.50. The average Bonchev–Trinajstić information content (AvgIpc) is 2.18. The first-order chi connectivity index (χ1) is 6.68. The molecule has 80 valence electrons. The van der Waals surface area contributed by atoms with Crippen molar-refractivity contribution in [3.8, 4) is 5.75 Å². The second kappa shape index (κ2) is 8.05. The number of likely N-dealkylation sites (N-methyl/N-ethyl adjacent to an activating group) is 1. The van der Waals surface area contributed by atoms with Crippen LogP contribution in [0.4, 0.5) is 0 Å². The van der Waals surface area contributed by atoms with Crippen LogP contribution < -0.4 is 0 Å². The van der Waals surface area contributed by atoms with Gasteiger partial charge in [-0.3, -0.25) is 0 Å². The van der Waals surface area contributed by atoms with Gasteiger partial charge in [-0.1, -0.05) is 34.7 Å². The smallest absolute Gasteiger partial charge is 0.115 e. The van der Waals surface area contributed by atoms with Crippen molar-refractivity contribution in [2.75, 3.05) is 25.6 Å². The topological polar surface area (TPSA) is 23.5 Å². The zero-order valence-electron chi connectivity index (χ0n) is 9.00. The van der Waals surface area contributed by atoms with Gasteiger partial charge in [-0.15, -0.1) is 0 Å². The molecule has 3 heteroatoms. The fourth-order valence-corrected chi connectivity index (χ4v) is 1.06. The molecule has 0 aromatic heterocycles. The second-order valence-electron chi connectivity index (χ2n) is 3.22. The minimum Gasteiger partial charge on any atom is -0.508 e. The third-order valence-corrected chi connectivity index (χ3v) is 1.76. The SMILES string of the molecule is CI.CN(C)CCc1cccc(O)c1. The Balaban J connectivity index is 0.000000791. The molecular formula is C11H18INO. The van der Waals surface area contributed by atoms with Gasteiger partial charge in [-0.05, 0) is 43.1 Å². The van der Waals surface area contributed by atoms with E-state index in [1.54, 1.807) is 6.07 Å². The molecule has 0 atom stereocenters. The van der Waals surface area contributed by atoms with Crippen molar-refractivity contribution in [3.63, 3.8) is 0 Å². The Hall–Kier alpha value is -0.290. The first kappa shape index (κ1) is 13.7. The number of halogens is 1. The fourth-order valence-electron chi connectivity index (χ4n) is 1.06. The Morgan fingerprint density at radius 3 is 2.43 bits per heavy atom. The first-order valence-corrected chi connectivity index (χ1v) is 6.64. The molecule has 14 heavy (non-hydrogen) atoms. The molecule has 0 fully saturated rings. The lowest BCUT2D eigenvalue weighted by molar-refractivity contribution is 0.413. The molecular weight excluding hydrogens is 289 g/mol. The summed E-state index contributed by atoms with van der Waals surface area (Å²) in [6.45, 7) is 1.02. The van der Waals surface area contributed by atoms with E-state index in [-0.39, 0.29) is 0 Å². The highest BCUT2D eigenvalue weighted by Crippen LogP contribution is 2.11. The van der Waals surface area contributed by atoms with E-state index in [0.717, 1.165) is 13.0 Å². The number of hydrogen-bond acceptors (Lipinski definition) is 2. The number of phenolic OH excluding ortho intramolecular Hbond substituents is 1. The predicted octanol–water partition coefficient (Wildman–Crippen LogP) is 2.55. The largest absolute Gasteiger partial charge is 0.508 e. The Morgan fingerprint density at radius 2 is 1.93 bits per heavy atom. The monoisotopic (exact) mass is 307 g/mol. The highest BCUT2D eigenvalue weighted by molar-refractivity contribution is 14.1. The molecule has 0 bridgehead atoms. The van der Waals surface area contributed by atoms with Crippen LogP contribution in [0.2, 0.25) is 0 Å². The highest BCUT2D eigenvalue weighted by Gasteiger charge is 1.95. The van der Waals surface area contributed by atoms with Crippen molar-refractivity contribution >= 4 is 22.6 Å². The van der Waals surface area contributed by atoms with Crippen LogP contribution in [-0.4, -0.2) is 35.6 Å². The van der Waals surface area contributed by atoms with Crippen LogP contribution in [-0.2, 0) is 6.42 Å². The van der Waals surface area contributed by atoms with Crippen molar-refractivity contribution in [2.45, 2.75) is 6.42 Å². The maximum Gasteiger partial charge on any atom is 0.115 e. The Kier molecular flexibility index (Phi) is 7.89. The molecule has 0 aliphatic carbocycles. The van der Waals surface area contributed by atoms with Crippen molar-refractivity contribution in [2.24, 2.45) is 0 Å². The van der Waals surface area contributed by atoms with Crippen molar-refractivity contribution in [1.82, 2.24) is 4.90 Å². The zero-order valence-corrected chi connectivity index (χ0v) is 11.2. The maximum absolute atomic E-state index is 9.16. The molecule has 0 radical (unpaired) electrons. The summed E-state index contributed by atoms with van der Waals surface area (Å²) in [6, 6.07) is 7.41. The van der Waals surface area contributed by atoms with Gasteiger partial charge in [0.05, 0.1) is 0 Å². The number of benzene rings is 1. The van der Waals surface area contributed by atoms with Crippen molar-refractivity contribution in [3.05, 3.63) is 29.8 Å². The fraction of sp³-hybridized carbons (Fsp3) is 0.455. The number of nitrogens with zero attached hydrogens (tertiary/aromatic N) is 1. The van der Waals surface area contributed by atoms with E-state index < -0.39 is 0 Å². The number of rotatable bonds is 3. The summed E-state index contributed by atoms with van der Waals surface area (Å²) >= 11 is 2.15. The van der Waals surface area contributed by atoms with Gasteiger partial charge in [-0.25, -0.2) is 0 Å². The van der Waals surface area contributed by atoms with Crippen molar-refractivity contribution < 1.29 is 5.11 Å². The Bertz CT molecular complexity index is 251. The van der Waals surface area contributed by atoms with Crippen LogP contribution in [0.3, 0.4) is 0 Å². The van der Waals surface area contributed by atoms with E-state index in [9.17, 15) is 0 Å². The molecule has 0 saturated heterocycles. The molecule has 0 heterocycles. The van der Waals surface area contributed by atoms with E-state index in [1.807, 2.05) is 37.2 Å². The van der Waals surface area contributed by atoms with E-state index >= 15 is 0 Å². The van der Waals surface area contributed by atoms with Gasteiger partial charge < -0.3 is 10.0 Å². The summed E-state index contributed by atoms with van der Waals surface area (Å²) in [7, 11) is 4.09. The summed E-state index contributed by atoms with van der Waals surface area (Å²) in [5.41, 5.74) is 1.18. The molecule has 2 nitrogen and oxygen atoms in total. The predicted molar refractivity (Wildman–Crippen MR) is 70.3 cm³/mol. The molecule has 0 aliphatic rings. The molecule has 0 amide bonds. The van der Waals surface area contributed by atoms with Gasteiger partial charge >= 0.3 is 0 Å². The van der Waals surface area contributed by atoms with Gasteiger partial charge in [0.1, 0.15) is 5.75 Å². The molecule has 1 N–H and O–H groups in total. The minimum atomic E-state index is 0.353. The quantitative estimate of drug-likeness (QED) is 0.685. The van der Waals surface area contributed by atoms with Gasteiger partial charge in [0.25, 0.3) is 0 Å². The summed E-state index contributed by atoms with van der Waals surface area (Å²) in [6.07, 6.45) is 0.987. The summed E-state index contributed by atoms with van der Waals surface area (Å²) in [5.74, 6) is 0.353. The Morgan fingerprint density at radius 1 is 1.29 bits per heavy atom. The number of hydrogen-bond donors (Lipinski definition) is 1. The van der Waals surface area contributed by atoms with E-state index in [4.69, 9.17) is 5.11 Å². The average molecular weight is 307 g/mol. The third-order valence-electron chi connectivity index (χ3n) is 1.76. The standard InChI is InChI=1S/C10H15NO.CH3I/c1-11(2)7-6-9-4-3-5-10(12)8-9;1-2/h3-5,8,12H,6-7H2,1-2H3;1H3. The van der Waals surface area contributed by atoms with Gasteiger partial charge in [-0.2, -0.15) is 0 Å². The zero-order chi connectivity index (χ0) is 11.0. The minimum absolute atomic E-state index is 0.353. The van der Waals surface area contributed by atoms with Crippen LogP contribution in [0.25, 0.3) is 0 Å². The lowest BCUT2D eigenvalue weighted by Gasteiger charge is -2.08. The van der Waals surface area contributed by atoms with Crippen LogP contribution in [0, 0.1) is 0 Å². The van der Waals surface area contributed by atoms with Crippen LogP contribution in [0.5, 0.6) is 5.75 Å².